The molecule has 4 N–H and O–H groups in total. The SMILES string of the molecule is CC(C)(CN)CCN1C(=O)Cc2cc(N)ccc21. The van der Waals surface area contributed by atoms with Crippen LogP contribution in [0, 0.1) is 5.41 Å². The maximum Gasteiger partial charge on any atom is 0.231 e. The van der Waals surface area contributed by atoms with Crippen molar-refractivity contribution in [3.05, 3.63) is 23.8 Å². The van der Waals surface area contributed by atoms with Crippen molar-refractivity contribution in [3.8, 4) is 0 Å². The third-order valence-corrected chi connectivity index (χ3v) is 3.60. The van der Waals surface area contributed by atoms with E-state index in [1.54, 1.807) is 0 Å². The molecule has 0 aromatic heterocycles. The van der Waals surface area contributed by atoms with Gasteiger partial charge in [-0.2, -0.15) is 0 Å². The molecule has 0 aliphatic carbocycles. The number of fused-ring (bicyclic) bond motifs is 1. The molecule has 0 spiro atoms. The fourth-order valence-corrected chi connectivity index (χ4v) is 2.16. The molecule has 0 unspecified atom stereocenters. The first-order chi connectivity index (χ1) is 8.43. The molecule has 2 rings (SSSR count). The zero-order chi connectivity index (χ0) is 13.3. The average Bonchev–Trinajstić information content (AvgIpc) is 2.61. The van der Waals surface area contributed by atoms with Gasteiger partial charge in [-0.3, -0.25) is 4.79 Å². The van der Waals surface area contributed by atoms with E-state index in [2.05, 4.69) is 13.8 Å². The summed E-state index contributed by atoms with van der Waals surface area (Å²) >= 11 is 0. The number of hydrogen-bond acceptors (Lipinski definition) is 3. The fourth-order valence-electron chi connectivity index (χ4n) is 2.16. The van der Waals surface area contributed by atoms with Gasteiger partial charge in [0.25, 0.3) is 0 Å². The molecule has 1 aliphatic rings. The van der Waals surface area contributed by atoms with Crippen LogP contribution in [0.5, 0.6) is 0 Å². The van der Waals surface area contributed by atoms with Crippen molar-refractivity contribution in [2.24, 2.45) is 11.1 Å². The lowest BCUT2D eigenvalue weighted by atomic mass is 9.89. The zero-order valence-electron chi connectivity index (χ0n) is 11.1. The van der Waals surface area contributed by atoms with E-state index in [1.807, 2.05) is 23.1 Å². The number of carbonyl (C=O) groups excluding carboxylic acids is 1. The smallest absolute Gasteiger partial charge is 0.231 e. The van der Waals surface area contributed by atoms with Crippen LogP contribution in [0.15, 0.2) is 18.2 Å². The molecule has 0 fully saturated rings. The second-order valence-electron chi connectivity index (χ2n) is 5.73. The predicted molar refractivity (Wildman–Crippen MR) is 74.4 cm³/mol. The highest BCUT2D eigenvalue weighted by Gasteiger charge is 2.28. The Morgan fingerprint density at radius 2 is 2.11 bits per heavy atom. The summed E-state index contributed by atoms with van der Waals surface area (Å²) in [5.74, 6) is 0.156. The van der Waals surface area contributed by atoms with E-state index in [0.717, 1.165) is 24.2 Å². The minimum Gasteiger partial charge on any atom is -0.399 e. The monoisotopic (exact) mass is 247 g/mol. The van der Waals surface area contributed by atoms with E-state index < -0.39 is 0 Å². The topological polar surface area (TPSA) is 72.3 Å². The van der Waals surface area contributed by atoms with Gasteiger partial charge in [-0.05, 0) is 42.1 Å². The van der Waals surface area contributed by atoms with Crippen LogP contribution in [-0.2, 0) is 11.2 Å². The summed E-state index contributed by atoms with van der Waals surface area (Å²) in [5, 5.41) is 0. The van der Waals surface area contributed by atoms with Gasteiger partial charge < -0.3 is 16.4 Å². The zero-order valence-corrected chi connectivity index (χ0v) is 11.1. The number of benzene rings is 1. The maximum absolute atomic E-state index is 12.0. The van der Waals surface area contributed by atoms with E-state index in [9.17, 15) is 4.79 Å². The quantitative estimate of drug-likeness (QED) is 0.793. The van der Waals surface area contributed by atoms with E-state index in [4.69, 9.17) is 11.5 Å². The standard InChI is InChI=1S/C14H21N3O/c1-14(2,9-15)5-6-17-12-4-3-11(16)7-10(12)8-13(17)18/h3-4,7H,5-6,8-9,15-16H2,1-2H3. The molecule has 0 saturated heterocycles. The second kappa shape index (κ2) is 4.61. The largest absolute Gasteiger partial charge is 0.399 e. The molecule has 1 heterocycles. The lowest BCUT2D eigenvalue weighted by molar-refractivity contribution is -0.117. The molecule has 0 bridgehead atoms. The first-order valence-electron chi connectivity index (χ1n) is 6.32. The van der Waals surface area contributed by atoms with Crippen LogP contribution in [0.1, 0.15) is 25.8 Å². The van der Waals surface area contributed by atoms with Crippen LogP contribution in [0.4, 0.5) is 11.4 Å². The van der Waals surface area contributed by atoms with Gasteiger partial charge in [-0.25, -0.2) is 0 Å². The van der Waals surface area contributed by atoms with Gasteiger partial charge in [0.05, 0.1) is 6.42 Å². The van der Waals surface area contributed by atoms with Gasteiger partial charge in [0.1, 0.15) is 0 Å². The molecule has 0 atom stereocenters. The number of amides is 1. The van der Waals surface area contributed by atoms with Crippen molar-refractivity contribution in [1.29, 1.82) is 0 Å². The van der Waals surface area contributed by atoms with Crippen LogP contribution >= 0.6 is 0 Å². The lowest BCUT2D eigenvalue weighted by Gasteiger charge is -2.26. The Bertz CT molecular complexity index is 468. The normalized spacial score (nSPS) is 15.1. The molecular formula is C14H21N3O. The Labute approximate surface area is 108 Å². The molecule has 4 nitrogen and oxygen atoms in total. The summed E-state index contributed by atoms with van der Waals surface area (Å²) in [5.41, 5.74) is 14.3. The Morgan fingerprint density at radius 3 is 2.78 bits per heavy atom. The molecule has 18 heavy (non-hydrogen) atoms. The third-order valence-electron chi connectivity index (χ3n) is 3.60. The van der Waals surface area contributed by atoms with Crippen molar-refractivity contribution in [1.82, 2.24) is 0 Å². The van der Waals surface area contributed by atoms with Crippen LogP contribution < -0.4 is 16.4 Å². The van der Waals surface area contributed by atoms with Crippen LogP contribution in [0.3, 0.4) is 0 Å². The second-order valence-corrected chi connectivity index (χ2v) is 5.73. The highest BCUT2D eigenvalue weighted by Crippen LogP contribution is 2.31. The molecule has 1 aromatic carbocycles. The number of nitrogens with two attached hydrogens (primary N) is 2. The van der Waals surface area contributed by atoms with E-state index in [-0.39, 0.29) is 11.3 Å². The fraction of sp³-hybridized carbons (Fsp3) is 0.500. The molecule has 0 saturated carbocycles. The average molecular weight is 247 g/mol. The number of hydrogen-bond donors (Lipinski definition) is 2. The summed E-state index contributed by atoms with van der Waals surface area (Å²) < 4.78 is 0. The van der Waals surface area contributed by atoms with Crippen molar-refractivity contribution >= 4 is 17.3 Å². The van der Waals surface area contributed by atoms with E-state index >= 15 is 0 Å². The molecule has 1 aromatic rings. The Balaban J connectivity index is 2.14. The number of anilines is 2. The Morgan fingerprint density at radius 1 is 1.39 bits per heavy atom. The van der Waals surface area contributed by atoms with Gasteiger partial charge in [-0.15, -0.1) is 0 Å². The lowest BCUT2D eigenvalue weighted by Crippen LogP contribution is -2.33. The van der Waals surface area contributed by atoms with Crippen LogP contribution in [-0.4, -0.2) is 19.0 Å². The number of rotatable bonds is 4. The van der Waals surface area contributed by atoms with Crippen LogP contribution in [0.25, 0.3) is 0 Å². The summed E-state index contributed by atoms with van der Waals surface area (Å²) in [7, 11) is 0. The number of nitrogen functional groups attached to an aromatic ring is 1. The minimum absolute atomic E-state index is 0.0663. The van der Waals surface area contributed by atoms with Crippen molar-refractivity contribution in [2.45, 2.75) is 26.7 Å². The summed E-state index contributed by atoms with van der Waals surface area (Å²) in [6.07, 6.45) is 1.36. The summed E-state index contributed by atoms with van der Waals surface area (Å²) in [6, 6.07) is 5.67. The third kappa shape index (κ3) is 2.48. The van der Waals surface area contributed by atoms with Gasteiger partial charge >= 0.3 is 0 Å². The summed E-state index contributed by atoms with van der Waals surface area (Å²) in [4.78, 5) is 13.9. The van der Waals surface area contributed by atoms with Crippen molar-refractivity contribution in [3.63, 3.8) is 0 Å². The number of nitrogens with zero attached hydrogens (tertiary/aromatic N) is 1. The molecular weight excluding hydrogens is 226 g/mol. The van der Waals surface area contributed by atoms with Crippen molar-refractivity contribution in [2.75, 3.05) is 23.7 Å². The molecule has 4 heteroatoms. The Hall–Kier alpha value is -1.55. The summed E-state index contributed by atoms with van der Waals surface area (Å²) in [6.45, 7) is 5.60. The van der Waals surface area contributed by atoms with Gasteiger partial charge in [0, 0.05) is 17.9 Å². The molecule has 1 amide bonds. The first kappa shape index (κ1) is 12.9. The first-order valence-corrected chi connectivity index (χ1v) is 6.32. The minimum atomic E-state index is 0.0663. The Kier molecular flexibility index (Phi) is 3.30. The van der Waals surface area contributed by atoms with Crippen molar-refractivity contribution < 1.29 is 4.79 Å². The van der Waals surface area contributed by atoms with Gasteiger partial charge in [-0.1, -0.05) is 13.8 Å². The molecule has 98 valence electrons. The molecule has 1 aliphatic heterocycles. The van der Waals surface area contributed by atoms with E-state index in [1.165, 1.54) is 0 Å². The number of carbonyl (C=O) groups is 1. The molecule has 0 radical (unpaired) electrons. The van der Waals surface area contributed by atoms with Crippen LogP contribution in [0.2, 0.25) is 0 Å². The van der Waals surface area contributed by atoms with Gasteiger partial charge in [0.2, 0.25) is 5.91 Å². The van der Waals surface area contributed by atoms with Gasteiger partial charge in [0.15, 0.2) is 0 Å². The van der Waals surface area contributed by atoms with E-state index in [0.29, 0.717) is 18.7 Å². The highest BCUT2D eigenvalue weighted by molar-refractivity contribution is 6.01. The highest BCUT2D eigenvalue weighted by atomic mass is 16.2. The predicted octanol–water partition coefficient (Wildman–Crippen LogP) is 1.53. The maximum atomic E-state index is 12.0.